The van der Waals surface area contributed by atoms with E-state index in [0.717, 1.165) is 30.0 Å². The molecule has 3 heteroatoms. The van der Waals surface area contributed by atoms with Crippen LogP contribution in [0.1, 0.15) is 32.4 Å². The van der Waals surface area contributed by atoms with Gasteiger partial charge in [0.2, 0.25) is 0 Å². The van der Waals surface area contributed by atoms with Gasteiger partial charge >= 0.3 is 0 Å². The monoisotopic (exact) mass is 220 g/mol. The van der Waals surface area contributed by atoms with Crippen LogP contribution in [-0.2, 0) is 0 Å². The number of aliphatic hydroxyl groups excluding tert-OH is 1. The Labute approximate surface area is 97.4 Å². The molecule has 0 aliphatic rings. The molecule has 16 heavy (non-hydrogen) atoms. The number of pyridine rings is 1. The number of nitrogens with zero attached hydrogens (tertiary/aromatic N) is 2. The van der Waals surface area contributed by atoms with E-state index in [1.54, 1.807) is 13.1 Å². The van der Waals surface area contributed by atoms with E-state index >= 15 is 0 Å². The maximum absolute atomic E-state index is 9.52. The number of hydrogen-bond acceptors (Lipinski definition) is 3. The van der Waals surface area contributed by atoms with Gasteiger partial charge in [0.1, 0.15) is 5.82 Å². The summed E-state index contributed by atoms with van der Waals surface area (Å²) in [7, 11) is 0. The zero-order valence-corrected chi connectivity index (χ0v) is 10.3. The molecule has 1 aromatic heterocycles. The van der Waals surface area contributed by atoms with Gasteiger partial charge in [0.05, 0.1) is 6.10 Å². The zero-order chi connectivity index (χ0) is 12.1. The molecule has 0 amide bonds. The summed E-state index contributed by atoms with van der Waals surface area (Å²) >= 11 is 0. The van der Waals surface area contributed by atoms with Crippen LogP contribution in [0.4, 0.5) is 5.82 Å². The Bertz CT molecular complexity index is 361. The lowest BCUT2D eigenvalue weighted by atomic mass is 10.1. The number of hydrogen-bond donors (Lipinski definition) is 1. The quantitative estimate of drug-likeness (QED) is 0.775. The first-order valence-corrected chi connectivity index (χ1v) is 5.58. The molecule has 3 nitrogen and oxygen atoms in total. The minimum atomic E-state index is -0.453. The van der Waals surface area contributed by atoms with E-state index in [-0.39, 0.29) is 0 Å². The fourth-order valence-electron chi connectivity index (χ4n) is 1.55. The summed E-state index contributed by atoms with van der Waals surface area (Å²) in [5, 5.41) is 9.52. The molecule has 0 aromatic carbocycles. The molecule has 0 unspecified atom stereocenters. The predicted molar refractivity (Wildman–Crippen MR) is 67.6 cm³/mol. The molecule has 0 saturated heterocycles. The summed E-state index contributed by atoms with van der Waals surface area (Å²) in [4.78, 5) is 6.45. The summed E-state index contributed by atoms with van der Waals surface area (Å²) in [6, 6.07) is 3.76. The molecule has 1 heterocycles. The fraction of sp³-hybridized carbons (Fsp3) is 0.462. The lowest BCUT2D eigenvalue weighted by Gasteiger charge is -2.22. The topological polar surface area (TPSA) is 36.4 Å². The van der Waals surface area contributed by atoms with E-state index in [1.807, 2.05) is 19.1 Å². The third kappa shape index (κ3) is 3.35. The Morgan fingerprint density at radius 1 is 1.62 bits per heavy atom. The first kappa shape index (κ1) is 12.7. The Morgan fingerprint density at radius 3 is 2.81 bits per heavy atom. The molecule has 1 atom stereocenters. The van der Waals surface area contributed by atoms with Crippen molar-refractivity contribution in [1.82, 2.24) is 4.98 Å². The van der Waals surface area contributed by atoms with Crippen LogP contribution < -0.4 is 4.90 Å². The largest absolute Gasteiger partial charge is 0.389 e. The van der Waals surface area contributed by atoms with Gasteiger partial charge < -0.3 is 10.0 Å². The zero-order valence-electron chi connectivity index (χ0n) is 10.3. The van der Waals surface area contributed by atoms with Crippen LogP contribution in [0.3, 0.4) is 0 Å². The standard InChI is InChI=1S/C13H20N2O/c1-5-15(9-10(2)3)13-8-12(11(4)16)6-7-14-13/h6-8,11,16H,2,5,9H2,1,3-4H3/t11-/m1/s1. The highest BCUT2D eigenvalue weighted by molar-refractivity contribution is 5.42. The van der Waals surface area contributed by atoms with Crippen molar-refractivity contribution in [2.24, 2.45) is 0 Å². The molecular formula is C13H20N2O. The normalized spacial score (nSPS) is 12.2. The molecule has 0 aliphatic heterocycles. The summed E-state index contributed by atoms with van der Waals surface area (Å²) in [6.07, 6.45) is 1.28. The SMILES string of the molecule is C=C(C)CN(CC)c1cc([C@@H](C)O)ccn1. The first-order valence-electron chi connectivity index (χ1n) is 5.58. The minimum Gasteiger partial charge on any atom is -0.389 e. The number of rotatable bonds is 5. The lowest BCUT2D eigenvalue weighted by molar-refractivity contribution is 0.199. The summed E-state index contributed by atoms with van der Waals surface area (Å²) in [6.45, 7) is 11.4. The van der Waals surface area contributed by atoms with Crippen LogP contribution in [0.2, 0.25) is 0 Å². The van der Waals surface area contributed by atoms with Crippen molar-refractivity contribution < 1.29 is 5.11 Å². The van der Waals surface area contributed by atoms with E-state index in [9.17, 15) is 5.11 Å². The van der Waals surface area contributed by atoms with Crippen LogP contribution in [0.15, 0.2) is 30.5 Å². The summed E-state index contributed by atoms with van der Waals surface area (Å²) < 4.78 is 0. The Balaban J connectivity index is 2.92. The van der Waals surface area contributed by atoms with Crippen molar-refractivity contribution >= 4 is 5.82 Å². The van der Waals surface area contributed by atoms with Gasteiger partial charge in [-0.25, -0.2) is 4.98 Å². The average molecular weight is 220 g/mol. The van der Waals surface area contributed by atoms with E-state index in [2.05, 4.69) is 23.4 Å². The molecule has 0 saturated carbocycles. The summed E-state index contributed by atoms with van der Waals surface area (Å²) in [5.74, 6) is 0.893. The van der Waals surface area contributed by atoms with Gasteiger partial charge in [-0.1, -0.05) is 12.2 Å². The molecule has 0 aliphatic carbocycles. The van der Waals surface area contributed by atoms with Crippen molar-refractivity contribution in [3.8, 4) is 0 Å². The number of aliphatic hydroxyl groups is 1. The van der Waals surface area contributed by atoms with Crippen molar-refractivity contribution in [2.45, 2.75) is 26.9 Å². The van der Waals surface area contributed by atoms with Crippen LogP contribution >= 0.6 is 0 Å². The molecule has 1 rings (SSSR count). The van der Waals surface area contributed by atoms with Crippen LogP contribution in [0.25, 0.3) is 0 Å². The minimum absolute atomic E-state index is 0.453. The molecule has 0 spiro atoms. The maximum Gasteiger partial charge on any atom is 0.129 e. The Morgan fingerprint density at radius 2 is 2.31 bits per heavy atom. The fourth-order valence-corrected chi connectivity index (χ4v) is 1.55. The first-order chi connectivity index (χ1) is 7.54. The average Bonchev–Trinajstić information content (AvgIpc) is 2.25. The highest BCUT2D eigenvalue weighted by Crippen LogP contribution is 2.18. The van der Waals surface area contributed by atoms with E-state index in [0.29, 0.717) is 0 Å². The molecule has 1 N–H and O–H groups in total. The molecule has 0 radical (unpaired) electrons. The third-order valence-corrected chi connectivity index (χ3v) is 2.42. The molecule has 0 bridgehead atoms. The van der Waals surface area contributed by atoms with E-state index in [1.165, 1.54) is 0 Å². The van der Waals surface area contributed by atoms with Gasteiger partial charge in [-0.05, 0) is 38.5 Å². The van der Waals surface area contributed by atoms with Crippen molar-refractivity contribution in [3.63, 3.8) is 0 Å². The molecule has 0 fully saturated rings. The van der Waals surface area contributed by atoms with Crippen LogP contribution in [0.5, 0.6) is 0 Å². The van der Waals surface area contributed by atoms with Gasteiger partial charge in [-0.3, -0.25) is 0 Å². The second kappa shape index (κ2) is 5.66. The number of aromatic nitrogens is 1. The molecule has 88 valence electrons. The number of likely N-dealkylation sites (N-methyl/N-ethyl adjacent to an activating group) is 1. The van der Waals surface area contributed by atoms with Crippen molar-refractivity contribution in [2.75, 3.05) is 18.0 Å². The second-order valence-electron chi connectivity index (χ2n) is 4.09. The highest BCUT2D eigenvalue weighted by Gasteiger charge is 2.08. The van der Waals surface area contributed by atoms with Gasteiger partial charge in [0, 0.05) is 19.3 Å². The maximum atomic E-state index is 9.52. The van der Waals surface area contributed by atoms with E-state index < -0.39 is 6.10 Å². The molecular weight excluding hydrogens is 200 g/mol. The van der Waals surface area contributed by atoms with Crippen LogP contribution in [0, 0.1) is 0 Å². The number of anilines is 1. The van der Waals surface area contributed by atoms with Gasteiger partial charge in [-0.2, -0.15) is 0 Å². The Hall–Kier alpha value is -1.35. The highest BCUT2D eigenvalue weighted by atomic mass is 16.3. The van der Waals surface area contributed by atoms with Crippen LogP contribution in [-0.4, -0.2) is 23.2 Å². The smallest absolute Gasteiger partial charge is 0.129 e. The Kier molecular flexibility index (Phi) is 4.50. The third-order valence-electron chi connectivity index (χ3n) is 2.42. The van der Waals surface area contributed by atoms with Gasteiger partial charge in [0.15, 0.2) is 0 Å². The van der Waals surface area contributed by atoms with E-state index in [4.69, 9.17) is 0 Å². The van der Waals surface area contributed by atoms with Crippen molar-refractivity contribution in [1.29, 1.82) is 0 Å². The van der Waals surface area contributed by atoms with Crippen molar-refractivity contribution in [3.05, 3.63) is 36.0 Å². The second-order valence-corrected chi connectivity index (χ2v) is 4.09. The van der Waals surface area contributed by atoms with Gasteiger partial charge in [0.25, 0.3) is 0 Å². The predicted octanol–water partition coefficient (Wildman–Crippen LogP) is 2.54. The summed E-state index contributed by atoms with van der Waals surface area (Å²) in [5.41, 5.74) is 2.00. The van der Waals surface area contributed by atoms with Gasteiger partial charge in [-0.15, -0.1) is 0 Å². The molecule has 1 aromatic rings. The lowest BCUT2D eigenvalue weighted by Crippen LogP contribution is -2.25.